The summed E-state index contributed by atoms with van der Waals surface area (Å²) in [5, 5.41) is 1.87. The fraction of sp³-hybridized carbons (Fsp3) is 0.188. The average Bonchev–Trinajstić information content (AvgIpc) is 2.58. The average molecular weight is 442 g/mol. The third-order valence-corrected chi connectivity index (χ3v) is 3.79. The molecule has 26 heavy (non-hydrogen) atoms. The molecule has 0 unspecified atom stereocenters. The Morgan fingerprint density at radius 2 is 1.73 bits per heavy atom. The van der Waals surface area contributed by atoms with Crippen LogP contribution in [0.1, 0.15) is 10.4 Å². The van der Waals surface area contributed by atoms with Crippen LogP contribution in [0.25, 0.3) is 0 Å². The SMILES string of the molecule is O=C(Nc1c(F)cccc1F)c1cc(F)c(Br)cc1O[C@@H](CF)C(F)F. The lowest BCUT2D eigenvalue weighted by molar-refractivity contribution is -0.00161. The lowest BCUT2D eigenvalue weighted by Crippen LogP contribution is -2.29. The van der Waals surface area contributed by atoms with E-state index in [0.717, 1.165) is 24.3 Å². The number of amides is 1. The number of anilines is 1. The topological polar surface area (TPSA) is 38.3 Å². The molecule has 1 atom stereocenters. The Bertz CT molecular complexity index is 797. The number of alkyl halides is 3. The summed E-state index contributed by atoms with van der Waals surface area (Å²) in [6.45, 7) is -1.57. The molecular formula is C16H10BrF6NO2. The number of halogens is 7. The van der Waals surface area contributed by atoms with Gasteiger partial charge in [0, 0.05) is 0 Å². The van der Waals surface area contributed by atoms with E-state index in [0.29, 0.717) is 6.07 Å². The number of benzene rings is 2. The van der Waals surface area contributed by atoms with Gasteiger partial charge in [-0.1, -0.05) is 6.07 Å². The minimum atomic E-state index is -3.22. The van der Waals surface area contributed by atoms with E-state index >= 15 is 0 Å². The van der Waals surface area contributed by atoms with Gasteiger partial charge in [-0.25, -0.2) is 26.3 Å². The molecule has 0 bridgehead atoms. The van der Waals surface area contributed by atoms with Crippen molar-refractivity contribution in [3.05, 3.63) is 57.8 Å². The van der Waals surface area contributed by atoms with Gasteiger partial charge in [0.05, 0.1) is 10.0 Å². The fourth-order valence-electron chi connectivity index (χ4n) is 1.91. The summed E-state index contributed by atoms with van der Waals surface area (Å²) in [4.78, 5) is 12.3. The lowest BCUT2D eigenvalue weighted by atomic mass is 10.1. The predicted octanol–water partition coefficient (Wildman–Crippen LogP) is 5.10. The van der Waals surface area contributed by atoms with Crippen LogP contribution >= 0.6 is 15.9 Å². The van der Waals surface area contributed by atoms with Crippen LogP contribution in [-0.2, 0) is 0 Å². The van der Waals surface area contributed by atoms with Gasteiger partial charge >= 0.3 is 0 Å². The molecule has 0 radical (unpaired) electrons. The Labute approximate surface area is 152 Å². The number of hydrogen-bond acceptors (Lipinski definition) is 2. The minimum absolute atomic E-state index is 0.243. The van der Waals surface area contributed by atoms with E-state index in [1.165, 1.54) is 0 Å². The Hall–Kier alpha value is -2.23. The minimum Gasteiger partial charge on any atom is -0.481 e. The third-order valence-electron chi connectivity index (χ3n) is 3.18. The van der Waals surface area contributed by atoms with Gasteiger partial charge in [-0.2, -0.15) is 0 Å². The van der Waals surface area contributed by atoms with Gasteiger partial charge in [0.25, 0.3) is 12.3 Å². The van der Waals surface area contributed by atoms with Crippen LogP contribution < -0.4 is 10.1 Å². The highest BCUT2D eigenvalue weighted by molar-refractivity contribution is 9.10. The predicted molar refractivity (Wildman–Crippen MR) is 84.8 cm³/mol. The second-order valence-electron chi connectivity index (χ2n) is 4.96. The summed E-state index contributed by atoms with van der Waals surface area (Å²) >= 11 is 2.78. The highest BCUT2D eigenvalue weighted by Crippen LogP contribution is 2.30. The highest BCUT2D eigenvalue weighted by atomic mass is 79.9. The molecule has 0 fully saturated rings. The molecular weight excluding hydrogens is 432 g/mol. The van der Waals surface area contributed by atoms with Crippen molar-refractivity contribution in [1.82, 2.24) is 0 Å². The van der Waals surface area contributed by atoms with Crippen molar-refractivity contribution < 1.29 is 35.9 Å². The van der Waals surface area contributed by atoms with E-state index in [2.05, 4.69) is 15.9 Å². The van der Waals surface area contributed by atoms with Crippen LogP contribution in [0, 0.1) is 17.5 Å². The number of hydrogen-bond donors (Lipinski definition) is 1. The van der Waals surface area contributed by atoms with Gasteiger partial charge < -0.3 is 10.1 Å². The highest BCUT2D eigenvalue weighted by Gasteiger charge is 2.26. The summed E-state index contributed by atoms with van der Waals surface area (Å²) in [6, 6.07) is 4.24. The molecule has 3 nitrogen and oxygen atoms in total. The van der Waals surface area contributed by atoms with Crippen LogP contribution in [0.2, 0.25) is 0 Å². The van der Waals surface area contributed by atoms with Crippen LogP contribution in [0.5, 0.6) is 5.75 Å². The third kappa shape index (κ3) is 4.48. The van der Waals surface area contributed by atoms with Crippen LogP contribution in [-0.4, -0.2) is 25.1 Å². The maximum Gasteiger partial charge on any atom is 0.277 e. The van der Waals surface area contributed by atoms with Gasteiger partial charge in [0.1, 0.15) is 35.6 Å². The zero-order valence-corrected chi connectivity index (χ0v) is 14.3. The maximum absolute atomic E-state index is 13.7. The van der Waals surface area contributed by atoms with Gasteiger partial charge in [0.2, 0.25) is 0 Å². The smallest absolute Gasteiger partial charge is 0.277 e. The molecule has 0 heterocycles. The maximum atomic E-state index is 13.7. The molecule has 1 amide bonds. The molecule has 0 aliphatic carbocycles. The van der Waals surface area contributed by atoms with E-state index in [9.17, 15) is 31.1 Å². The molecule has 0 aromatic heterocycles. The Kier molecular flexibility index (Phi) is 6.52. The van der Waals surface area contributed by atoms with Gasteiger partial charge in [0.15, 0.2) is 6.10 Å². The number of ether oxygens (including phenoxy) is 1. The Balaban J connectivity index is 2.40. The molecule has 2 rings (SSSR count). The zero-order valence-electron chi connectivity index (χ0n) is 12.7. The van der Waals surface area contributed by atoms with E-state index in [1.807, 2.05) is 5.32 Å². The van der Waals surface area contributed by atoms with Crippen LogP contribution in [0.4, 0.5) is 32.0 Å². The second-order valence-corrected chi connectivity index (χ2v) is 5.81. The molecule has 0 aliphatic rings. The summed E-state index contributed by atoms with van der Waals surface area (Å²) < 4.78 is 83.6. The number of para-hydroxylation sites is 1. The quantitative estimate of drug-likeness (QED) is 0.633. The molecule has 1 N–H and O–H groups in total. The zero-order chi connectivity index (χ0) is 19.4. The molecule has 0 spiro atoms. The summed E-state index contributed by atoms with van der Waals surface area (Å²) in [6.07, 6.45) is -5.42. The van der Waals surface area contributed by atoms with Gasteiger partial charge in [-0.05, 0) is 40.2 Å². The summed E-state index contributed by atoms with van der Waals surface area (Å²) in [5.41, 5.74) is -1.46. The van der Waals surface area contributed by atoms with Crippen molar-refractivity contribution in [3.63, 3.8) is 0 Å². The standard InChI is InChI=1S/C16H10BrF6NO2/c17-8-5-12(26-13(6-18)15(22)23)7(4-11(8)21)16(25)24-14-9(19)2-1-3-10(14)20/h1-5,13,15H,6H2,(H,24,25)/t13-/m0/s1. The van der Waals surface area contributed by atoms with Crippen molar-refractivity contribution in [2.24, 2.45) is 0 Å². The monoisotopic (exact) mass is 441 g/mol. The van der Waals surface area contributed by atoms with Crippen molar-refractivity contribution >= 4 is 27.5 Å². The van der Waals surface area contributed by atoms with Crippen LogP contribution in [0.15, 0.2) is 34.8 Å². The number of carbonyl (C=O) groups is 1. The molecule has 140 valence electrons. The van der Waals surface area contributed by atoms with Crippen molar-refractivity contribution in [2.75, 3.05) is 12.0 Å². The first-order valence-electron chi connectivity index (χ1n) is 6.99. The number of carbonyl (C=O) groups excluding carboxylic acids is 1. The Morgan fingerprint density at radius 1 is 1.12 bits per heavy atom. The van der Waals surface area contributed by atoms with Crippen molar-refractivity contribution in [1.29, 1.82) is 0 Å². The van der Waals surface area contributed by atoms with E-state index in [1.54, 1.807) is 0 Å². The lowest BCUT2D eigenvalue weighted by Gasteiger charge is -2.18. The first-order chi connectivity index (χ1) is 12.2. The van der Waals surface area contributed by atoms with E-state index in [-0.39, 0.29) is 4.47 Å². The molecule has 0 saturated heterocycles. The number of rotatable bonds is 6. The summed E-state index contributed by atoms with van der Waals surface area (Å²) in [7, 11) is 0. The van der Waals surface area contributed by atoms with Crippen LogP contribution in [0.3, 0.4) is 0 Å². The van der Waals surface area contributed by atoms with E-state index in [4.69, 9.17) is 4.74 Å². The second kappa shape index (κ2) is 8.43. The molecule has 2 aromatic carbocycles. The van der Waals surface area contributed by atoms with Gasteiger partial charge in [-0.3, -0.25) is 4.79 Å². The largest absolute Gasteiger partial charge is 0.481 e. The van der Waals surface area contributed by atoms with E-state index < -0.39 is 59.6 Å². The summed E-state index contributed by atoms with van der Waals surface area (Å²) in [5.74, 6) is -5.00. The van der Waals surface area contributed by atoms with Gasteiger partial charge in [-0.15, -0.1) is 0 Å². The molecule has 0 aliphatic heterocycles. The molecule has 2 aromatic rings. The normalized spacial score (nSPS) is 12.2. The number of nitrogens with one attached hydrogen (secondary N) is 1. The van der Waals surface area contributed by atoms with Crippen molar-refractivity contribution in [2.45, 2.75) is 12.5 Å². The fourth-order valence-corrected chi connectivity index (χ4v) is 2.24. The first-order valence-corrected chi connectivity index (χ1v) is 7.79. The first kappa shape index (κ1) is 20.1. The van der Waals surface area contributed by atoms with Crippen molar-refractivity contribution in [3.8, 4) is 5.75 Å². The Morgan fingerprint density at radius 3 is 2.27 bits per heavy atom. The molecule has 0 saturated carbocycles. The molecule has 10 heteroatoms.